The van der Waals surface area contributed by atoms with Crippen molar-refractivity contribution in [1.29, 1.82) is 0 Å². The van der Waals surface area contributed by atoms with Crippen molar-refractivity contribution >= 4 is 33.7 Å². The van der Waals surface area contributed by atoms with Crippen LogP contribution < -0.4 is 9.44 Å². The van der Waals surface area contributed by atoms with Gasteiger partial charge in [-0.25, -0.2) is 4.72 Å². The number of benzene rings is 1. The summed E-state index contributed by atoms with van der Waals surface area (Å²) in [6, 6.07) is 5.36. The molecule has 0 spiro atoms. The molecule has 0 aromatic heterocycles. The SMILES string of the molecule is CC(C)(C)OC(=O)CCC(NS(=O)(=O)NC(=O)CCCc1ccc(N=[N+]=[N-])cc1)C(=O)OC(C)(C)C. The molecule has 36 heavy (non-hydrogen) atoms. The summed E-state index contributed by atoms with van der Waals surface area (Å²) >= 11 is 0. The van der Waals surface area contributed by atoms with Gasteiger partial charge in [0, 0.05) is 23.4 Å². The van der Waals surface area contributed by atoms with Crippen molar-refractivity contribution < 1.29 is 32.3 Å². The molecule has 200 valence electrons. The first-order chi connectivity index (χ1) is 16.5. The number of carbonyl (C=O) groups is 3. The Kier molecular flexibility index (Phi) is 11.4. The van der Waals surface area contributed by atoms with Crippen LogP contribution in [0.3, 0.4) is 0 Å². The third kappa shape index (κ3) is 13.7. The molecule has 12 nitrogen and oxygen atoms in total. The van der Waals surface area contributed by atoms with E-state index in [9.17, 15) is 22.8 Å². The quantitative estimate of drug-likeness (QED) is 0.181. The number of hydrogen-bond donors (Lipinski definition) is 2. The van der Waals surface area contributed by atoms with Gasteiger partial charge in [0.05, 0.1) is 0 Å². The molecule has 0 aliphatic heterocycles. The maximum Gasteiger partial charge on any atom is 0.324 e. The molecule has 1 unspecified atom stereocenters. The molecule has 0 saturated carbocycles. The predicted octanol–water partition coefficient (Wildman–Crippen LogP) is 3.73. The Bertz CT molecular complexity index is 1070. The molecule has 1 rings (SSSR count). The molecule has 1 aromatic carbocycles. The fourth-order valence-corrected chi connectivity index (χ4v) is 3.95. The van der Waals surface area contributed by atoms with Gasteiger partial charge < -0.3 is 9.47 Å². The normalized spacial score (nSPS) is 12.7. The maximum atomic E-state index is 12.6. The fourth-order valence-electron chi connectivity index (χ4n) is 2.90. The first kappa shape index (κ1) is 30.9. The number of carbonyl (C=O) groups excluding carboxylic acids is 3. The van der Waals surface area contributed by atoms with Crippen molar-refractivity contribution in [3.05, 3.63) is 40.3 Å². The first-order valence-electron chi connectivity index (χ1n) is 11.4. The van der Waals surface area contributed by atoms with Crippen molar-refractivity contribution in [2.75, 3.05) is 0 Å². The largest absolute Gasteiger partial charge is 0.460 e. The molecule has 0 bridgehead atoms. The summed E-state index contributed by atoms with van der Waals surface area (Å²) in [4.78, 5) is 39.5. The Labute approximate surface area is 211 Å². The predicted molar refractivity (Wildman–Crippen MR) is 133 cm³/mol. The molecule has 0 saturated heterocycles. The highest BCUT2D eigenvalue weighted by Crippen LogP contribution is 2.16. The van der Waals surface area contributed by atoms with Gasteiger partial charge in [0.25, 0.3) is 0 Å². The summed E-state index contributed by atoms with van der Waals surface area (Å²) in [6.45, 7) is 9.93. The molecule has 0 aliphatic rings. The van der Waals surface area contributed by atoms with Crippen LogP contribution in [0.15, 0.2) is 29.4 Å². The molecule has 1 amide bonds. The number of esters is 2. The average Bonchev–Trinajstić information content (AvgIpc) is 2.69. The number of azide groups is 1. The van der Waals surface area contributed by atoms with E-state index >= 15 is 0 Å². The lowest BCUT2D eigenvalue weighted by atomic mass is 10.1. The Balaban J connectivity index is 2.72. The number of nitrogens with zero attached hydrogens (tertiary/aromatic N) is 3. The van der Waals surface area contributed by atoms with E-state index in [1.54, 1.807) is 65.8 Å². The van der Waals surface area contributed by atoms with Crippen LogP contribution in [0, 0.1) is 0 Å². The molecular formula is C23H35N5O7S. The number of rotatable bonds is 12. The Morgan fingerprint density at radius 3 is 2.11 bits per heavy atom. The number of aryl methyl sites for hydroxylation is 1. The lowest BCUT2D eigenvalue weighted by Gasteiger charge is -2.25. The Morgan fingerprint density at radius 2 is 1.58 bits per heavy atom. The van der Waals surface area contributed by atoms with E-state index in [4.69, 9.17) is 15.0 Å². The van der Waals surface area contributed by atoms with Crippen LogP contribution in [0.2, 0.25) is 0 Å². The molecule has 1 atom stereocenters. The van der Waals surface area contributed by atoms with E-state index in [2.05, 4.69) is 14.7 Å². The maximum absolute atomic E-state index is 12.6. The summed E-state index contributed by atoms with van der Waals surface area (Å²) < 4.78 is 39.5. The second kappa shape index (κ2) is 13.2. The van der Waals surface area contributed by atoms with E-state index in [1.165, 1.54) is 0 Å². The second-order valence-electron chi connectivity index (χ2n) is 10.1. The Hall–Kier alpha value is -3.15. The van der Waals surface area contributed by atoms with E-state index in [0.29, 0.717) is 18.5 Å². The third-order valence-corrected chi connectivity index (χ3v) is 5.35. The highest BCUT2D eigenvalue weighted by Gasteiger charge is 2.31. The van der Waals surface area contributed by atoms with Crippen LogP contribution in [0.4, 0.5) is 5.69 Å². The zero-order valence-electron chi connectivity index (χ0n) is 21.5. The van der Waals surface area contributed by atoms with Crippen LogP contribution >= 0.6 is 0 Å². The lowest BCUT2D eigenvalue weighted by Crippen LogP contribution is -2.50. The number of nitrogens with one attached hydrogen (secondary N) is 2. The summed E-state index contributed by atoms with van der Waals surface area (Å²) in [5.74, 6) is -2.25. The van der Waals surface area contributed by atoms with Gasteiger partial charge in [-0.15, -0.1) is 0 Å². The minimum Gasteiger partial charge on any atom is -0.460 e. The molecule has 13 heteroatoms. The van der Waals surface area contributed by atoms with Gasteiger partial charge in [0.2, 0.25) is 5.91 Å². The van der Waals surface area contributed by atoms with Crippen molar-refractivity contribution in [3.8, 4) is 0 Å². The molecule has 0 radical (unpaired) electrons. The van der Waals surface area contributed by atoms with E-state index < -0.39 is 45.3 Å². The van der Waals surface area contributed by atoms with Crippen LogP contribution in [-0.2, 0) is 40.5 Å². The van der Waals surface area contributed by atoms with Crippen molar-refractivity contribution in [2.45, 2.75) is 90.9 Å². The van der Waals surface area contributed by atoms with Gasteiger partial charge >= 0.3 is 22.1 Å². The fraction of sp³-hybridized carbons (Fsp3) is 0.609. The van der Waals surface area contributed by atoms with Gasteiger partial charge in [-0.1, -0.05) is 29.4 Å². The highest BCUT2D eigenvalue weighted by molar-refractivity contribution is 7.88. The van der Waals surface area contributed by atoms with Crippen molar-refractivity contribution in [1.82, 2.24) is 9.44 Å². The lowest BCUT2D eigenvalue weighted by molar-refractivity contribution is -0.158. The van der Waals surface area contributed by atoms with Gasteiger partial charge in [0.1, 0.15) is 17.2 Å². The number of ether oxygens (including phenoxy) is 2. The van der Waals surface area contributed by atoms with Gasteiger partial charge in [-0.3, -0.25) is 14.4 Å². The smallest absolute Gasteiger partial charge is 0.324 e. The van der Waals surface area contributed by atoms with E-state index in [0.717, 1.165) is 5.56 Å². The van der Waals surface area contributed by atoms with Gasteiger partial charge in [-0.2, -0.15) is 13.1 Å². The summed E-state index contributed by atoms with van der Waals surface area (Å²) in [6.07, 6.45) is 0.305. The monoisotopic (exact) mass is 525 g/mol. The zero-order valence-corrected chi connectivity index (χ0v) is 22.3. The minimum absolute atomic E-state index is 0.0893. The zero-order chi connectivity index (χ0) is 27.6. The van der Waals surface area contributed by atoms with Crippen LogP contribution in [0.1, 0.15) is 72.8 Å². The second-order valence-corrected chi connectivity index (χ2v) is 11.5. The Morgan fingerprint density at radius 1 is 1.00 bits per heavy atom. The summed E-state index contributed by atoms with van der Waals surface area (Å²) in [5, 5.41) is 3.47. The van der Waals surface area contributed by atoms with Crippen LogP contribution in [0.5, 0.6) is 0 Å². The molecule has 2 N–H and O–H groups in total. The van der Waals surface area contributed by atoms with Crippen LogP contribution in [0.25, 0.3) is 10.4 Å². The standard InChI is InChI=1S/C23H35N5O7S/c1-22(2,3)34-20(30)15-14-18(21(31)35-23(4,5)6)26-36(32,33)27-19(29)9-7-8-16-10-12-17(13-11-16)25-28-24/h10-13,18,26H,7-9,14-15H2,1-6H3,(H,27,29). The van der Waals surface area contributed by atoms with Crippen molar-refractivity contribution in [2.24, 2.45) is 5.11 Å². The third-order valence-electron chi connectivity index (χ3n) is 4.26. The molecule has 1 aromatic rings. The molecule has 0 fully saturated rings. The first-order valence-corrected chi connectivity index (χ1v) is 12.9. The number of hydrogen-bond acceptors (Lipinski definition) is 8. The van der Waals surface area contributed by atoms with Gasteiger partial charge in [0.15, 0.2) is 0 Å². The number of amides is 1. The average molecular weight is 526 g/mol. The topological polar surface area (TPSA) is 177 Å². The van der Waals surface area contributed by atoms with Crippen LogP contribution in [-0.4, -0.2) is 43.5 Å². The molecular weight excluding hydrogens is 490 g/mol. The molecule has 0 heterocycles. The highest BCUT2D eigenvalue weighted by atomic mass is 32.2. The summed E-state index contributed by atoms with van der Waals surface area (Å²) in [5.41, 5.74) is 8.14. The van der Waals surface area contributed by atoms with E-state index in [-0.39, 0.29) is 19.3 Å². The van der Waals surface area contributed by atoms with E-state index in [1.807, 2.05) is 4.72 Å². The van der Waals surface area contributed by atoms with Crippen molar-refractivity contribution in [3.63, 3.8) is 0 Å². The van der Waals surface area contributed by atoms with Gasteiger partial charge in [-0.05, 0) is 71.9 Å². The summed E-state index contributed by atoms with van der Waals surface area (Å²) in [7, 11) is -4.42. The minimum atomic E-state index is -4.42. The molecule has 0 aliphatic carbocycles.